The number of H-pyrrole nitrogens is 1. The lowest BCUT2D eigenvalue weighted by molar-refractivity contribution is -0.136. The van der Waals surface area contributed by atoms with Gasteiger partial charge in [-0.05, 0) is 12.1 Å². The topological polar surface area (TPSA) is 70.9 Å². The summed E-state index contributed by atoms with van der Waals surface area (Å²) in [6.07, 6.45) is -4.47. The van der Waals surface area contributed by atoms with Crippen LogP contribution in [0.5, 0.6) is 0 Å². The van der Waals surface area contributed by atoms with Crippen LogP contribution in [0.4, 0.5) is 13.2 Å². The number of para-hydroxylation sites is 1. The summed E-state index contributed by atoms with van der Waals surface area (Å²) < 4.78 is 40.7. The zero-order valence-corrected chi connectivity index (χ0v) is 11.3. The number of carboxylic acids is 1. The molecule has 0 aliphatic carbocycles. The normalized spacial score (nSPS) is 12.0. The number of hydrogen-bond acceptors (Lipinski definition) is 2. The second-order valence-corrected chi connectivity index (χ2v) is 4.80. The summed E-state index contributed by atoms with van der Waals surface area (Å²) in [5, 5.41) is 15.5. The van der Waals surface area contributed by atoms with Gasteiger partial charge in [-0.3, -0.25) is 5.10 Å². The fraction of sp³-hybridized carbons (Fsp3) is 0.143. The lowest BCUT2D eigenvalue weighted by Crippen LogP contribution is -2.07. The highest BCUT2D eigenvalue weighted by molar-refractivity contribution is 5.91. The number of halogens is 3. The number of nitrogens with one attached hydrogen (secondary N) is 1. The van der Waals surface area contributed by atoms with Gasteiger partial charge in [-0.15, -0.1) is 0 Å². The van der Waals surface area contributed by atoms with E-state index in [0.717, 1.165) is 6.07 Å². The standard InChI is InChI=1S/C14H10F3N3O2/c1-20-11(9-6-10(13(21)22)19-18-9)5-7-3-2-4-8(12(7)20)14(15,16)17/h2-6H,1H3,(H,18,19)(H,21,22). The molecule has 1 aromatic carbocycles. The first-order chi connectivity index (χ1) is 10.3. The Balaban J connectivity index is 2.24. The van der Waals surface area contributed by atoms with E-state index in [4.69, 9.17) is 5.11 Å². The van der Waals surface area contributed by atoms with Gasteiger partial charge in [-0.1, -0.05) is 12.1 Å². The number of aryl methyl sites for hydroxylation is 1. The first-order valence-corrected chi connectivity index (χ1v) is 6.24. The molecular weight excluding hydrogens is 299 g/mol. The van der Waals surface area contributed by atoms with Crippen molar-refractivity contribution in [2.75, 3.05) is 0 Å². The Bertz CT molecular complexity index is 877. The van der Waals surface area contributed by atoms with Crippen LogP contribution in [-0.2, 0) is 13.2 Å². The average Bonchev–Trinajstić information content (AvgIpc) is 3.03. The number of carboxylic acid groups (broad SMARTS) is 1. The lowest BCUT2D eigenvalue weighted by Gasteiger charge is -2.10. The zero-order valence-electron chi connectivity index (χ0n) is 11.3. The van der Waals surface area contributed by atoms with Crippen LogP contribution in [0.15, 0.2) is 30.3 Å². The van der Waals surface area contributed by atoms with Gasteiger partial charge >= 0.3 is 12.1 Å². The number of rotatable bonds is 2. The van der Waals surface area contributed by atoms with Crippen molar-refractivity contribution in [2.45, 2.75) is 6.18 Å². The van der Waals surface area contributed by atoms with Crippen LogP contribution in [-0.4, -0.2) is 25.8 Å². The van der Waals surface area contributed by atoms with Gasteiger partial charge in [-0.25, -0.2) is 4.79 Å². The maximum absolute atomic E-state index is 13.1. The SMILES string of the molecule is Cn1c(-c2cc(C(=O)O)[nH]n2)cc2cccc(C(F)(F)F)c21. The smallest absolute Gasteiger partial charge is 0.418 e. The van der Waals surface area contributed by atoms with E-state index < -0.39 is 17.7 Å². The maximum atomic E-state index is 13.1. The van der Waals surface area contributed by atoms with Crippen molar-refractivity contribution < 1.29 is 23.1 Å². The molecule has 2 N–H and O–H groups in total. The van der Waals surface area contributed by atoms with Crippen molar-refractivity contribution >= 4 is 16.9 Å². The molecule has 8 heteroatoms. The second-order valence-electron chi connectivity index (χ2n) is 4.80. The largest absolute Gasteiger partial charge is 0.477 e. The van der Waals surface area contributed by atoms with Gasteiger partial charge in [0, 0.05) is 18.5 Å². The van der Waals surface area contributed by atoms with E-state index in [1.165, 1.54) is 23.7 Å². The Kier molecular flexibility index (Phi) is 2.98. The molecule has 22 heavy (non-hydrogen) atoms. The third kappa shape index (κ3) is 2.12. The van der Waals surface area contributed by atoms with E-state index in [1.54, 1.807) is 12.1 Å². The number of aromatic amines is 1. The fourth-order valence-corrected chi connectivity index (χ4v) is 2.45. The molecule has 3 rings (SSSR count). The molecule has 0 aliphatic heterocycles. The Morgan fingerprint density at radius 2 is 2.05 bits per heavy atom. The van der Waals surface area contributed by atoms with Gasteiger partial charge in [0.25, 0.3) is 0 Å². The summed E-state index contributed by atoms with van der Waals surface area (Å²) in [7, 11) is 1.49. The van der Waals surface area contributed by atoms with Crippen molar-refractivity contribution in [1.29, 1.82) is 0 Å². The van der Waals surface area contributed by atoms with Crippen LogP contribution in [0, 0.1) is 0 Å². The van der Waals surface area contributed by atoms with Gasteiger partial charge in [-0.2, -0.15) is 18.3 Å². The molecule has 0 radical (unpaired) electrons. The lowest BCUT2D eigenvalue weighted by atomic mass is 10.1. The number of aromatic nitrogens is 3. The van der Waals surface area contributed by atoms with Gasteiger partial charge in [0.2, 0.25) is 0 Å². The van der Waals surface area contributed by atoms with Crippen LogP contribution >= 0.6 is 0 Å². The molecule has 2 aromatic heterocycles. The number of carbonyl (C=O) groups is 1. The zero-order chi connectivity index (χ0) is 16.1. The Hall–Kier alpha value is -2.77. The van der Waals surface area contributed by atoms with Crippen molar-refractivity contribution in [3.8, 4) is 11.4 Å². The van der Waals surface area contributed by atoms with Gasteiger partial charge in [0.05, 0.1) is 16.8 Å². The van der Waals surface area contributed by atoms with Crippen molar-refractivity contribution in [2.24, 2.45) is 7.05 Å². The van der Waals surface area contributed by atoms with Crippen LogP contribution in [0.25, 0.3) is 22.3 Å². The molecule has 0 atom stereocenters. The van der Waals surface area contributed by atoms with Gasteiger partial charge in [0.15, 0.2) is 0 Å². The predicted molar refractivity (Wildman–Crippen MR) is 72.5 cm³/mol. The first kappa shape index (κ1) is 14.2. The highest BCUT2D eigenvalue weighted by atomic mass is 19.4. The monoisotopic (exact) mass is 309 g/mol. The van der Waals surface area contributed by atoms with E-state index in [9.17, 15) is 18.0 Å². The highest BCUT2D eigenvalue weighted by Crippen LogP contribution is 2.37. The third-order valence-corrected chi connectivity index (χ3v) is 3.43. The summed E-state index contributed by atoms with van der Waals surface area (Å²) in [5.74, 6) is -1.19. The average molecular weight is 309 g/mol. The number of hydrogen-bond donors (Lipinski definition) is 2. The minimum atomic E-state index is -4.47. The predicted octanol–water partition coefficient (Wildman–Crippen LogP) is 3.29. The fourth-order valence-electron chi connectivity index (χ4n) is 2.45. The molecule has 0 unspecified atom stereocenters. The van der Waals surface area contributed by atoms with E-state index in [0.29, 0.717) is 11.1 Å². The molecular formula is C14H10F3N3O2. The van der Waals surface area contributed by atoms with Crippen LogP contribution in [0.1, 0.15) is 16.1 Å². The van der Waals surface area contributed by atoms with E-state index >= 15 is 0 Å². The first-order valence-electron chi connectivity index (χ1n) is 6.24. The Labute approximate surface area is 122 Å². The summed E-state index contributed by atoms with van der Waals surface area (Å²) >= 11 is 0. The summed E-state index contributed by atoms with van der Waals surface area (Å²) in [6.45, 7) is 0. The Morgan fingerprint density at radius 3 is 2.64 bits per heavy atom. The molecule has 0 spiro atoms. The van der Waals surface area contributed by atoms with Crippen molar-refractivity contribution in [3.05, 3.63) is 41.6 Å². The molecule has 2 heterocycles. The maximum Gasteiger partial charge on any atom is 0.418 e. The summed E-state index contributed by atoms with van der Waals surface area (Å²) in [5.41, 5.74) is -0.173. The second kappa shape index (κ2) is 4.62. The molecule has 0 fully saturated rings. The van der Waals surface area contributed by atoms with Gasteiger partial charge in [0.1, 0.15) is 11.4 Å². The molecule has 0 saturated carbocycles. The number of fused-ring (bicyclic) bond motifs is 1. The van der Waals surface area contributed by atoms with E-state index in [1.807, 2.05) is 0 Å². The molecule has 0 saturated heterocycles. The van der Waals surface area contributed by atoms with Crippen LogP contribution < -0.4 is 0 Å². The molecule has 0 aliphatic rings. The van der Waals surface area contributed by atoms with Gasteiger partial charge < -0.3 is 9.67 Å². The summed E-state index contributed by atoms with van der Waals surface area (Å²) in [4.78, 5) is 10.9. The number of alkyl halides is 3. The van der Waals surface area contributed by atoms with Crippen LogP contribution in [0.3, 0.4) is 0 Å². The molecule has 0 bridgehead atoms. The molecule has 0 amide bonds. The minimum Gasteiger partial charge on any atom is -0.477 e. The molecule has 114 valence electrons. The number of nitrogens with zero attached hydrogens (tertiary/aromatic N) is 2. The molecule has 5 nitrogen and oxygen atoms in total. The number of aromatic carboxylic acids is 1. The number of benzene rings is 1. The Morgan fingerprint density at radius 1 is 1.32 bits per heavy atom. The summed E-state index contributed by atoms with van der Waals surface area (Å²) in [6, 6.07) is 6.75. The quantitative estimate of drug-likeness (QED) is 0.763. The third-order valence-electron chi connectivity index (χ3n) is 3.43. The highest BCUT2D eigenvalue weighted by Gasteiger charge is 2.34. The van der Waals surface area contributed by atoms with Crippen LogP contribution in [0.2, 0.25) is 0 Å². The van der Waals surface area contributed by atoms with Crippen molar-refractivity contribution in [1.82, 2.24) is 14.8 Å². The van der Waals surface area contributed by atoms with Crippen molar-refractivity contribution in [3.63, 3.8) is 0 Å². The molecule has 3 aromatic rings. The van der Waals surface area contributed by atoms with E-state index in [2.05, 4.69) is 10.2 Å². The minimum absolute atomic E-state index is 0.0323. The van der Waals surface area contributed by atoms with E-state index in [-0.39, 0.29) is 16.9 Å².